The lowest BCUT2D eigenvalue weighted by Crippen LogP contribution is -2.46. The van der Waals surface area contributed by atoms with Gasteiger partial charge in [-0.05, 0) is 24.1 Å². The summed E-state index contributed by atoms with van der Waals surface area (Å²) in [4.78, 5) is 35.0. The molecule has 1 unspecified atom stereocenters. The van der Waals surface area contributed by atoms with E-state index < -0.39 is 12.0 Å². The number of carbonyl (C=O) groups excluding carboxylic acids is 3. The summed E-state index contributed by atoms with van der Waals surface area (Å²) >= 11 is 5.92. The Bertz CT molecular complexity index is 587. The predicted molar refractivity (Wildman–Crippen MR) is 83.9 cm³/mol. The second-order valence-electron chi connectivity index (χ2n) is 5.10. The van der Waals surface area contributed by atoms with Crippen LogP contribution < -0.4 is 10.6 Å². The molecular weight excluding hydrogens is 308 g/mol. The van der Waals surface area contributed by atoms with Gasteiger partial charge in [0, 0.05) is 12.6 Å². The van der Waals surface area contributed by atoms with Gasteiger partial charge in [0.2, 0.25) is 11.8 Å². The van der Waals surface area contributed by atoms with Gasteiger partial charge in [-0.1, -0.05) is 25.4 Å². The van der Waals surface area contributed by atoms with E-state index >= 15 is 0 Å². The second kappa shape index (κ2) is 7.79. The lowest BCUT2D eigenvalue weighted by Gasteiger charge is -2.21. The van der Waals surface area contributed by atoms with Gasteiger partial charge in [-0.2, -0.15) is 0 Å². The van der Waals surface area contributed by atoms with Crippen LogP contribution >= 0.6 is 11.6 Å². The molecule has 1 aromatic carbocycles. The molecule has 0 aliphatic heterocycles. The summed E-state index contributed by atoms with van der Waals surface area (Å²) in [5, 5.41) is 5.47. The highest BCUT2D eigenvalue weighted by atomic mass is 35.5. The zero-order valence-corrected chi connectivity index (χ0v) is 13.7. The maximum atomic E-state index is 12.3. The van der Waals surface area contributed by atoms with Crippen molar-refractivity contribution in [1.29, 1.82) is 0 Å². The Morgan fingerprint density at radius 1 is 1.23 bits per heavy atom. The van der Waals surface area contributed by atoms with E-state index in [2.05, 4.69) is 15.4 Å². The lowest BCUT2D eigenvalue weighted by atomic mass is 10.0. The van der Waals surface area contributed by atoms with Crippen molar-refractivity contribution >= 4 is 35.1 Å². The average Bonchev–Trinajstić information content (AvgIpc) is 2.45. The largest absolute Gasteiger partial charge is 0.465 e. The number of carbonyl (C=O) groups is 3. The van der Waals surface area contributed by atoms with E-state index in [1.54, 1.807) is 6.07 Å². The van der Waals surface area contributed by atoms with Crippen LogP contribution in [0.3, 0.4) is 0 Å². The Morgan fingerprint density at radius 2 is 1.86 bits per heavy atom. The van der Waals surface area contributed by atoms with Crippen LogP contribution in [-0.4, -0.2) is 30.9 Å². The molecule has 0 radical (unpaired) electrons. The summed E-state index contributed by atoms with van der Waals surface area (Å²) in [7, 11) is 1.25. The van der Waals surface area contributed by atoms with Crippen molar-refractivity contribution in [3.63, 3.8) is 0 Å². The number of methoxy groups -OCH3 is 1. The van der Waals surface area contributed by atoms with E-state index in [9.17, 15) is 14.4 Å². The first-order valence-corrected chi connectivity index (χ1v) is 7.10. The van der Waals surface area contributed by atoms with Gasteiger partial charge in [0.25, 0.3) is 0 Å². The monoisotopic (exact) mass is 326 g/mol. The summed E-state index contributed by atoms with van der Waals surface area (Å²) < 4.78 is 4.62. The molecule has 0 saturated carbocycles. The minimum Gasteiger partial charge on any atom is -0.465 e. The third kappa shape index (κ3) is 4.73. The van der Waals surface area contributed by atoms with Crippen molar-refractivity contribution in [2.75, 3.05) is 12.4 Å². The molecule has 0 aliphatic carbocycles. The van der Waals surface area contributed by atoms with E-state index in [0.29, 0.717) is 5.69 Å². The van der Waals surface area contributed by atoms with Crippen molar-refractivity contribution in [3.8, 4) is 0 Å². The number of anilines is 1. The van der Waals surface area contributed by atoms with Gasteiger partial charge < -0.3 is 15.4 Å². The van der Waals surface area contributed by atoms with E-state index in [-0.39, 0.29) is 28.3 Å². The molecule has 22 heavy (non-hydrogen) atoms. The molecule has 0 spiro atoms. The molecule has 0 aliphatic rings. The Hall–Kier alpha value is -2.08. The molecule has 120 valence electrons. The van der Waals surface area contributed by atoms with Crippen LogP contribution in [0.25, 0.3) is 0 Å². The first-order chi connectivity index (χ1) is 10.3. The van der Waals surface area contributed by atoms with Gasteiger partial charge in [-0.3, -0.25) is 9.59 Å². The number of esters is 1. The van der Waals surface area contributed by atoms with Gasteiger partial charge in [0.1, 0.15) is 6.04 Å². The van der Waals surface area contributed by atoms with Crippen LogP contribution in [0, 0.1) is 5.92 Å². The highest BCUT2D eigenvalue weighted by Gasteiger charge is 2.23. The molecule has 1 aromatic rings. The zero-order chi connectivity index (χ0) is 16.9. The van der Waals surface area contributed by atoms with Gasteiger partial charge >= 0.3 is 5.97 Å². The fraction of sp³-hybridized carbons (Fsp3) is 0.400. The molecule has 1 atom stereocenters. The molecule has 0 bridgehead atoms. The van der Waals surface area contributed by atoms with Crippen LogP contribution in [-0.2, 0) is 14.3 Å². The van der Waals surface area contributed by atoms with Crippen LogP contribution in [0.5, 0.6) is 0 Å². The van der Waals surface area contributed by atoms with Crippen molar-refractivity contribution in [2.24, 2.45) is 5.92 Å². The third-order valence-electron chi connectivity index (χ3n) is 2.95. The number of rotatable bonds is 5. The van der Waals surface area contributed by atoms with E-state index in [1.165, 1.54) is 26.2 Å². The van der Waals surface area contributed by atoms with Crippen molar-refractivity contribution in [1.82, 2.24) is 5.32 Å². The molecule has 0 fully saturated rings. The zero-order valence-electron chi connectivity index (χ0n) is 12.9. The molecule has 2 amide bonds. The van der Waals surface area contributed by atoms with Crippen LogP contribution in [0.15, 0.2) is 18.2 Å². The quantitative estimate of drug-likeness (QED) is 0.813. The fourth-order valence-electron chi connectivity index (χ4n) is 1.84. The summed E-state index contributed by atoms with van der Waals surface area (Å²) in [5.41, 5.74) is 0.549. The van der Waals surface area contributed by atoms with Crippen LogP contribution in [0.2, 0.25) is 5.02 Å². The standard InChI is InChI=1S/C15H19ClN2O4/c1-8(2)13(17-9(3)19)14(20)18-10-5-6-12(16)11(7-10)15(21)22-4/h5-8,13H,1-4H3,(H,17,19)(H,18,20). The molecular formula is C15H19ClN2O4. The molecule has 2 N–H and O–H groups in total. The topological polar surface area (TPSA) is 84.5 Å². The first kappa shape index (κ1) is 18.0. The Labute approximate surface area is 134 Å². The maximum absolute atomic E-state index is 12.3. The lowest BCUT2D eigenvalue weighted by molar-refractivity contribution is -0.126. The second-order valence-corrected chi connectivity index (χ2v) is 5.50. The number of hydrogen-bond acceptors (Lipinski definition) is 4. The number of amides is 2. The van der Waals surface area contributed by atoms with E-state index in [4.69, 9.17) is 11.6 Å². The molecule has 6 nitrogen and oxygen atoms in total. The first-order valence-electron chi connectivity index (χ1n) is 6.72. The third-order valence-corrected chi connectivity index (χ3v) is 3.28. The summed E-state index contributed by atoms with van der Waals surface area (Å²) in [6, 6.07) is 3.82. The van der Waals surface area contributed by atoms with Gasteiger partial charge in [-0.25, -0.2) is 4.79 Å². The van der Waals surface area contributed by atoms with Gasteiger partial charge in [-0.15, -0.1) is 0 Å². The maximum Gasteiger partial charge on any atom is 0.339 e. The molecule has 0 aromatic heterocycles. The molecule has 7 heteroatoms. The summed E-state index contributed by atoms with van der Waals surface area (Å²) in [6.45, 7) is 4.99. The number of nitrogens with one attached hydrogen (secondary N) is 2. The number of ether oxygens (including phenoxy) is 1. The smallest absolute Gasteiger partial charge is 0.339 e. The minimum absolute atomic E-state index is 0.0868. The van der Waals surface area contributed by atoms with Crippen molar-refractivity contribution in [2.45, 2.75) is 26.8 Å². The van der Waals surface area contributed by atoms with Crippen molar-refractivity contribution in [3.05, 3.63) is 28.8 Å². The average molecular weight is 327 g/mol. The fourth-order valence-corrected chi connectivity index (χ4v) is 2.04. The van der Waals surface area contributed by atoms with Crippen LogP contribution in [0.4, 0.5) is 5.69 Å². The molecule has 0 saturated heterocycles. The Kier molecular flexibility index (Phi) is 6.37. The highest BCUT2D eigenvalue weighted by molar-refractivity contribution is 6.33. The number of hydrogen-bond donors (Lipinski definition) is 2. The molecule has 0 heterocycles. The Morgan fingerprint density at radius 3 is 2.36 bits per heavy atom. The molecule has 1 rings (SSSR count). The van der Waals surface area contributed by atoms with Crippen LogP contribution in [0.1, 0.15) is 31.1 Å². The minimum atomic E-state index is -0.672. The van der Waals surface area contributed by atoms with E-state index in [0.717, 1.165) is 0 Å². The summed E-state index contributed by atoms with van der Waals surface area (Å²) in [5.74, 6) is -1.34. The summed E-state index contributed by atoms with van der Waals surface area (Å²) in [6.07, 6.45) is 0. The van der Waals surface area contributed by atoms with Gasteiger partial charge in [0.05, 0.1) is 17.7 Å². The van der Waals surface area contributed by atoms with Crippen molar-refractivity contribution < 1.29 is 19.1 Å². The normalized spacial score (nSPS) is 11.7. The number of benzene rings is 1. The SMILES string of the molecule is COC(=O)c1cc(NC(=O)C(NC(C)=O)C(C)C)ccc1Cl. The highest BCUT2D eigenvalue weighted by Crippen LogP contribution is 2.21. The van der Waals surface area contributed by atoms with E-state index in [1.807, 2.05) is 13.8 Å². The predicted octanol–water partition coefficient (Wildman–Crippen LogP) is 2.23. The Balaban J connectivity index is 2.96. The number of halogens is 1. The van der Waals surface area contributed by atoms with Gasteiger partial charge in [0.15, 0.2) is 0 Å².